The second kappa shape index (κ2) is 5.42. The van der Waals surface area contributed by atoms with Crippen LogP contribution < -0.4 is 15.8 Å². The molecule has 0 saturated carbocycles. The Morgan fingerprint density at radius 3 is 2.85 bits per heavy atom. The lowest BCUT2D eigenvalue weighted by Gasteiger charge is -2.19. The van der Waals surface area contributed by atoms with E-state index in [1.165, 1.54) is 0 Å². The molecule has 2 aromatic rings. The van der Waals surface area contributed by atoms with E-state index in [0.717, 1.165) is 28.8 Å². The molecule has 0 unspecified atom stereocenters. The van der Waals surface area contributed by atoms with E-state index in [1.54, 1.807) is 42.2 Å². The number of carbonyl (C=O) groups excluding carboxylic acids is 1. The van der Waals surface area contributed by atoms with Crippen molar-refractivity contribution in [3.63, 3.8) is 0 Å². The van der Waals surface area contributed by atoms with Crippen molar-refractivity contribution in [3.05, 3.63) is 42.1 Å². The predicted molar refractivity (Wildman–Crippen MR) is 78.5 cm³/mol. The number of fused-ring (bicyclic) bond motifs is 1. The summed E-state index contributed by atoms with van der Waals surface area (Å²) in [6.45, 7) is 0.889. The van der Waals surface area contributed by atoms with Gasteiger partial charge in [-0.2, -0.15) is 0 Å². The van der Waals surface area contributed by atoms with Crippen molar-refractivity contribution < 1.29 is 9.53 Å². The number of nitrogens with zero attached hydrogens (tertiary/aromatic N) is 1. The highest BCUT2D eigenvalue weighted by Crippen LogP contribution is 2.38. The number of anilines is 1. The van der Waals surface area contributed by atoms with Gasteiger partial charge in [0.1, 0.15) is 16.5 Å². The maximum absolute atomic E-state index is 11.0. The molecular formula is C14H13N3O2S. The Morgan fingerprint density at radius 2 is 2.10 bits per heavy atom. The van der Waals surface area contributed by atoms with Crippen LogP contribution in [0.25, 0.3) is 0 Å². The first-order chi connectivity index (χ1) is 9.74. The van der Waals surface area contributed by atoms with E-state index in [1.807, 2.05) is 6.07 Å². The number of amides is 1. The first-order valence-electron chi connectivity index (χ1n) is 6.17. The van der Waals surface area contributed by atoms with Crippen LogP contribution in [0.4, 0.5) is 5.69 Å². The van der Waals surface area contributed by atoms with Crippen molar-refractivity contribution in [1.82, 2.24) is 4.98 Å². The average molecular weight is 287 g/mol. The molecule has 20 heavy (non-hydrogen) atoms. The number of nitrogens with one attached hydrogen (secondary N) is 1. The molecule has 5 nitrogen and oxygen atoms in total. The lowest BCUT2D eigenvalue weighted by molar-refractivity contribution is 0.100. The Balaban J connectivity index is 1.86. The number of aromatic nitrogens is 1. The minimum Gasteiger partial charge on any atom is -0.455 e. The van der Waals surface area contributed by atoms with Crippen molar-refractivity contribution >= 4 is 23.4 Å². The molecule has 1 aliphatic rings. The van der Waals surface area contributed by atoms with E-state index >= 15 is 0 Å². The van der Waals surface area contributed by atoms with Gasteiger partial charge in [0.15, 0.2) is 5.75 Å². The van der Waals surface area contributed by atoms with Gasteiger partial charge in [-0.05, 0) is 24.3 Å². The highest BCUT2D eigenvalue weighted by atomic mass is 32.2. The predicted octanol–water partition coefficient (Wildman–Crippen LogP) is 2.49. The minimum absolute atomic E-state index is 0.448. The zero-order valence-corrected chi connectivity index (χ0v) is 11.4. The molecule has 3 rings (SSSR count). The molecule has 1 amide bonds. The summed E-state index contributed by atoms with van der Waals surface area (Å²) >= 11 is 1.70. The van der Waals surface area contributed by atoms with Gasteiger partial charge in [-0.1, -0.05) is 0 Å². The maximum Gasteiger partial charge on any atom is 0.248 e. The van der Waals surface area contributed by atoms with Crippen molar-refractivity contribution in [3.8, 4) is 11.5 Å². The summed E-state index contributed by atoms with van der Waals surface area (Å²) < 4.78 is 5.84. The molecule has 2 heterocycles. The molecule has 0 aliphatic carbocycles. The summed E-state index contributed by atoms with van der Waals surface area (Å²) in [5.74, 6) is 1.93. The zero-order chi connectivity index (χ0) is 13.9. The SMILES string of the molecule is NC(=O)c1ccc(Oc2ccnc3c2NCCS3)cc1. The number of pyridine rings is 1. The molecule has 3 N–H and O–H groups in total. The fourth-order valence-corrected chi connectivity index (χ4v) is 2.77. The number of carbonyl (C=O) groups is 1. The van der Waals surface area contributed by atoms with Gasteiger partial charge in [-0.15, -0.1) is 11.8 Å². The summed E-state index contributed by atoms with van der Waals surface area (Å²) in [5.41, 5.74) is 6.59. The van der Waals surface area contributed by atoms with Crippen LogP contribution in [0.15, 0.2) is 41.6 Å². The first-order valence-corrected chi connectivity index (χ1v) is 7.16. The molecule has 0 bridgehead atoms. The highest BCUT2D eigenvalue weighted by molar-refractivity contribution is 7.99. The standard InChI is InChI=1S/C14H13N3O2S/c15-13(18)9-1-3-10(4-2-9)19-11-5-6-17-14-12(11)16-7-8-20-14/h1-6,16H,7-8H2,(H2,15,18). The van der Waals surface area contributed by atoms with Crippen LogP contribution >= 0.6 is 11.8 Å². The molecule has 102 valence electrons. The van der Waals surface area contributed by atoms with Crippen molar-refractivity contribution in [1.29, 1.82) is 0 Å². The third-order valence-corrected chi connectivity index (χ3v) is 3.88. The summed E-state index contributed by atoms with van der Waals surface area (Å²) in [6.07, 6.45) is 1.73. The Morgan fingerprint density at radius 1 is 1.30 bits per heavy atom. The number of rotatable bonds is 3. The number of hydrogen-bond donors (Lipinski definition) is 2. The smallest absolute Gasteiger partial charge is 0.248 e. The number of primary amides is 1. The van der Waals surface area contributed by atoms with Crippen molar-refractivity contribution in [2.45, 2.75) is 5.03 Å². The number of nitrogens with two attached hydrogens (primary N) is 1. The van der Waals surface area contributed by atoms with Gasteiger partial charge in [0.25, 0.3) is 0 Å². The monoisotopic (exact) mass is 287 g/mol. The molecule has 1 aromatic carbocycles. The quantitative estimate of drug-likeness (QED) is 0.907. The maximum atomic E-state index is 11.0. The Kier molecular flexibility index (Phi) is 3.47. The number of ether oxygens (including phenoxy) is 1. The molecule has 0 spiro atoms. The molecule has 0 atom stereocenters. The summed E-state index contributed by atoms with van der Waals surface area (Å²) in [7, 11) is 0. The molecule has 0 saturated heterocycles. The van der Waals surface area contributed by atoms with E-state index in [9.17, 15) is 4.79 Å². The van der Waals surface area contributed by atoms with Crippen LogP contribution in [0.1, 0.15) is 10.4 Å². The lowest BCUT2D eigenvalue weighted by atomic mass is 10.2. The fraction of sp³-hybridized carbons (Fsp3) is 0.143. The van der Waals surface area contributed by atoms with Crippen LogP contribution in [-0.4, -0.2) is 23.2 Å². The topological polar surface area (TPSA) is 77.2 Å². The highest BCUT2D eigenvalue weighted by Gasteiger charge is 2.15. The molecule has 0 fully saturated rings. The summed E-state index contributed by atoms with van der Waals surface area (Å²) in [5, 5.41) is 4.25. The molecule has 6 heteroatoms. The Bertz CT molecular complexity index is 643. The van der Waals surface area contributed by atoms with E-state index in [0.29, 0.717) is 11.3 Å². The number of hydrogen-bond acceptors (Lipinski definition) is 5. The van der Waals surface area contributed by atoms with Gasteiger partial charge >= 0.3 is 0 Å². The van der Waals surface area contributed by atoms with E-state index in [4.69, 9.17) is 10.5 Å². The largest absolute Gasteiger partial charge is 0.455 e. The molecule has 1 aromatic heterocycles. The Hall–Kier alpha value is -2.21. The second-order valence-electron chi connectivity index (χ2n) is 4.26. The van der Waals surface area contributed by atoms with Gasteiger partial charge in [0.2, 0.25) is 5.91 Å². The molecule has 1 aliphatic heterocycles. The fourth-order valence-electron chi connectivity index (χ4n) is 1.92. The van der Waals surface area contributed by atoms with E-state index in [2.05, 4.69) is 10.3 Å². The van der Waals surface area contributed by atoms with Crippen LogP contribution in [0.3, 0.4) is 0 Å². The van der Waals surface area contributed by atoms with Gasteiger partial charge in [0.05, 0.1) is 0 Å². The molecular weight excluding hydrogens is 274 g/mol. The van der Waals surface area contributed by atoms with Crippen LogP contribution in [0.5, 0.6) is 11.5 Å². The van der Waals surface area contributed by atoms with Crippen LogP contribution in [0, 0.1) is 0 Å². The Labute approximate surface area is 120 Å². The average Bonchev–Trinajstić information content (AvgIpc) is 2.48. The number of thioether (sulfide) groups is 1. The number of benzene rings is 1. The van der Waals surface area contributed by atoms with E-state index in [-0.39, 0.29) is 0 Å². The van der Waals surface area contributed by atoms with Crippen LogP contribution in [-0.2, 0) is 0 Å². The molecule has 0 radical (unpaired) electrons. The van der Waals surface area contributed by atoms with Gasteiger partial charge < -0.3 is 15.8 Å². The normalized spacial score (nSPS) is 13.2. The van der Waals surface area contributed by atoms with Crippen LogP contribution in [0.2, 0.25) is 0 Å². The third-order valence-electron chi connectivity index (χ3n) is 2.89. The van der Waals surface area contributed by atoms with Gasteiger partial charge in [-0.25, -0.2) is 4.98 Å². The first kappa shape index (κ1) is 12.8. The van der Waals surface area contributed by atoms with Crippen molar-refractivity contribution in [2.24, 2.45) is 5.73 Å². The lowest BCUT2D eigenvalue weighted by Crippen LogP contribution is -2.12. The summed E-state index contributed by atoms with van der Waals surface area (Å²) in [4.78, 5) is 15.3. The van der Waals surface area contributed by atoms with Gasteiger partial charge in [0, 0.05) is 30.1 Å². The second-order valence-corrected chi connectivity index (χ2v) is 5.34. The summed E-state index contributed by atoms with van der Waals surface area (Å²) in [6, 6.07) is 8.56. The van der Waals surface area contributed by atoms with Gasteiger partial charge in [-0.3, -0.25) is 4.79 Å². The van der Waals surface area contributed by atoms with Crippen molar-refractivity contribution in [2.75, 3.05) is 17.6 Å². The third kappa shape index (κ3) is 2.55. The zero-order valence-electron chi connectivity index (χ0n) is 10.6. The minimum atomic E-state index is -0.448. The van der Waals surface area contributed by atoms with E-state index < -0.39 is 5.91 Å².